The Balaban J connectivity index is 1.90. The van der Waals surface area contributed by atoms with Crippen LogP contribution in [0.15, 0.2) is 48.5 Å². The zero-order valence-electron chi connectivity index (χ0n) is 13.1. The molecule has 0 N–H and O–H groups in total. The number of aldehydes is 1. The lowest BCUT2D eigenvalue weighted by Gasteiger charge is -2.26. The van der Waals surface area contributed by atoms with E-state index in [1.54, 1.807) is 12.0 Å². The van der Waals surface area contributed by atoms with E-state index < -0.39 is 6.04 Å². The SMILES string of the molecule is COc1ccc2c(c1)CC(=O)N(Cc1ccccc1)C(C=O)C2. The number of hydrogen-bond acceptors (Lipinski definition) is 3. The molecule has 0 fully saturated rings. The van der Waals surface area contributed by atoms with E-state index in [9.17, 15) is 9.59 Å². The molecule has 118 valence electrons. The van der Waals surface area contributed by atoms with E-state index >= 15 is 0 Å². The number of carbonyl (C=O) groups excluding carboxylic acids is 2. The predicted molar refractivity (Wildman–Crippen MR) is 87.2 cm³/mol. The summed E-state index contributed by atoms with van der Waals surface area (Å²) in [5, 5.41) is 0. The van der Waals surface area contributed by atoms with Crippen molar-refractivity contribution in [3.8, 4) is 5.75 Å². The molecule has 0 saturated heterocycles. The molecule has 1 heterocycles. The number of benzene rings is 2. The topological polar surface area (TPSA) is 46.6 Å². The van der Waals surface area contributed by atoms with E-state index in [4.69, 9.17) is 4.74 Å². The third-order valence-corrected chi connectivity index (χ3v) is 4.26. The summed E-state index contributed by atoms with van der Waals surface area (Å²) >= 11 is 0. The minimum Gasteiger partial charge on any atom is -0.497 e. The van der Waals surface area contributed by atoms with Gasteiger partial charge in [0.1, 0.15) is 12.0 Å². The van der Waals surface area contributed by atoms with Crippen molar-refractivity contribution in [2.75, 3.05) is 7.11 Å². The quantitative estimate of drug-likeness (QED) is 0.815. The summed E-state index contributed by atoms with van der Waals surface area (Å²) < 4.78 is 5.24. The van der Waals surface area contributed by atoms with Crippen LogP contribution in [-0.4, -0.2) is 30.2 Å². The fourth-order valence-electron chi connectivity index (χ4n) is 2.99. The number of carbonyl (C=O) groups is 2. The van der Waals surface area contributed by atoms with Crippen LogP contribution in [-0.2, 0) is 29.0 Å². The number of hydrogen-bond donors (Lipinski definition) is 0. The Labute approximate surface area is 135 Å². The van der Waals surface area contributed by atoms with Crippen molar-refractivity contribution in [2.24, 2.45) is 0 Å². The number of nitrogens with zero attached hydrogens (tertiary/aromatic N) is 1. The second kappa shape index (κ2) is 6.65. The molecule has 2 aromatic rings. The molecule has 0 bridgehead atoms. The van der Waals surface area contributed by atoms with Crippen LogP contribution in [0, 0.1) is 0 Å². The van der Waals surface area contributed by atoms with Gasteiger partial charge in [-0.15, -0.1) is 0 Å². The van der Waals surface area contributed by atoms with Gasteiger partial charge in [-0.2, -0.15) is 0 Å². The molecule has 0 saturated carbocycles. The molecule has 0 aromatic heterocycles. The van der Waals surface area contributed by atoms with Crippen molar-refractivity contribution in [2.45, 2.75) is 25.4 Å². The predicted octanol–water partition coefficient (Wildman–Crippen LogP) is 2.39. The summed E-state index contributed by atoms with van der Waals surface area (Å²) in [6.45, 7) is 0.453. The first kappa shape index (κ1) is 15.3. The molecule has 23 heavy (non-hydrogen) atoms. The monoisotopic (exact) mass is 309 g/mol. The van der Waals surface area contributed by atoms with E-state index in [-0.39, 0.29) is 5.91 Å². The van der Waals surface area contributed by atoms with E-state index in [0.29, 0.717) is 19.4 Å². The maximum absolute atomic E-state index is 12.7. The van der Waals surface area contributed by atoms with Crippen LogP contribution in [0.2, 0.25) is 0 Å². The summed E-state index contributed by atoms with van der Waals surface area (Å²) in [4.78, 5) is 25.9. The average molecular weight is 309 g/mol. The van der Waals surface area contributed by atoms with Crippen LogP contribution >= 0.6 is 0 Å². The molecule has 1 aliphatic rings. The van der Waals surface area contributed by atoms with Gasteiger partial charge in [0, 0.05) is 6.54 Å². The minimum absolute atomic E-state index is 0.0297. The summed E-state index contributed by atoms with van der Waals surface area (Å²) in [5.74, 6) is 0.702. The zero-order chi connectivity index (χ0) is 16.2. The van der Waals surface area contributed by atoms with Gasteiger partial charge in [-0.05, 0) is 35.2 Å². The van der Waals surface area contributed by atoms with Gasteiger partial charge < -0.3 is 14.4 Å². The second-order valence-electron chi connectivity index (χ2n) is 5.73. The van der Waals surface area contributed by atoms with E-state index in [1.165, 1.54) is 0 Å². The highest BCUT2D eigenvalue weighted by Gasteiger charge is 2.29. The number of fused-ring (bicyclic) bond motifs is 1. The van der Waals surface area contributed by atoms with Crippen LogP contribution in [0.25, 0.3) is 0 Å². The molecular formula is C19H19NO3. The van der Waals surface area contributed by atoms with Gasteiger partial charge in [-0.3, -0.25) is 4.79 Å². The van der Waals surface area contributed by atoms with Crippen molar-refractivity contribution in [1.82, 2.24) is 4.90 Å². The highest BCUT2D eigenvalue weighted by Crippen LogP contribution is 2.25. The molecule has 0 spiro atoms. The molecule has 1 amide bonds. The Morgan fingerprint density at radius 3 is 2.65 bits per heavy atom. The summed E-state index contributed by atoms with van der Waals surface area (Å²) in [7, 11) is 1.61. The van der Waals surface area contributed by atoms with Crippen molar-refractivity contribution in [1.29, 1.82) is 0 Å². The first-order valence-electron chi connectivity index (χ1n) is 7.65. The number of methoxy groups -OCH3 is 1. The number of amides is 1. The van der Waals surface area contributed by atoms with Crippen LogP contribution in [0.5, 0.6) is 5.75 Å². The van der Waals surface area contributed by atoms with Gasteiger partial charge in [-0.1, -0.05) is 36.4 Å². The fraction of sp³-hybridized carbons (Fsp3) is 0.263. The lowest BCUT2D eigenvalue weighted by Crippen LogP contribution is -2.41. The molecule has 2 aromatic carbocycles. The molecule has 1 atom stereocenters. The summed E-state index contributed by atoms with van der Waals surface area (Å²) in [6.07, 6.45) is 1.71. The maximum Gasteiger partial charge on any atom is 0.227 e. The molecular weight excluding hydrogens is 290 g/mol. The van der Waals surface area contributed by atoms with Gasteiger partial charge in [0.15, 0.2) is 0 Å². The molecule has 4 heteroatoms. The molecule has 1 aliphatic heterocycles. The fourth-order valence-corrected chi connectivity index (χ4v) is 2.99. The normalized spacial score (nSPS) is 17.3. The maximum atomic E-state index is 12.7. The van der Waals surface area contributed by atoms with Crippen LogP contribution in [0.4, 0.5) is 0 Å². The second-order valence-corrected chi connectivity index (χ2v) is 5.73. The Morgan fingerprint density at radius 1 is 1.17 bits per heavy atom. The highest BCUT2D eigenvalue weighted by atomic mass is 16.5. The van der Waals surface area contributed by atoms with Crippen molar-refractivity contribution in [3.63, 3.8) is 0 Å². The first-order valence-corrected chi connectivity index (χ1v) is 7.65. The highest BCUT2D eigenvalue weighted by molar-refractivity contribution is 5.83. The van der Waals surface area contributed by atoms with Crippen molar-refractivity contribution < 1.29 is 14.3 Å². The van der Waals surface area contributed by atoms with Crippen LogP contribution in [0.1, 0.15) is 16.7 Å². The van der Waals surface area contributed by atoms with Gasteiger partial charge in [-0.25, -0.2) is 0 Å². The standard InChI is InChI=1S/C19H19NO3/c1-23-18-8-7-15-9-17(13-21)20(19(22)11-16(15)10-18)12-14-5-3-2-4-6-14/h2-8,10,13,17H,9,11-12H2,1H3. The molecule has 0 aliphatic carbocycles. The molecule has 1 unspecified atom stereocenters. The Bertz CT molecular complexity index is 712. The van der Waals surface area contributed by atoms with Crippen LogP contribution in [0.3, 0.4) is 0 Å². The molecule has 3 rings (SSSR count). The molecule has 4 nitrogen and oxygen atoms in total. The van der Waals surface area contributed by atoms with Gasteiger partial charge >= 0.3 is 0 Å². The third-order valence-electron chi connectivity index (χ3n) is 4.26. The Hall–Kier alpha value is -2.62. The molecule has 0 radical (unpaired) electrons. The average Bonchev–Trinajstić information content (AvgIpc) is 2.72. The van der Waals surface area contributed by atoms with Gasteiger partial charge in [0.2, 0.25) is 5.91 Å². The van der Waals surface area contributed by atoms with E-state index in [2.05, 4.69) is 0 Å². The largest absolute Gasteiger partial charge is 0.497 e. The van der Waals surface area contributed by atoms with Crippen molar-refractivity contribution >= 4 is 12.2 Å². The van der Waals surface area contributed by atoms with E-state index in [0.717, 1.165) is 28.7 Å². The number of ether oxygens (including phenoxy) is 1. The lowest BCUT2D eigenvalue weighted by atomic mass is 10.0. The van der Waals surface area contributed by atoms with Gasteiger partial charge in [0.05, 0.1) is 19.6 Å². The van der Waals surface area contributed by atoms with Crippen LogP contribution < -0.4 is 4.74 Å². The lowest BCUT2D eigenvalue weighted by molar-refractivity contribution is -0.136. The minimum atomic E-state index is -0.433. The first-order chi connectivity index (χ1) is 11.2. The van der Waals surface area contributed by atoms with Gasteiger partial charge in [0.25, 0.3) is 0 Å². The smallest absolute Gasteiger partial charge is 0.227 e. The van der Waals surface area contributed by atoms with E-state index in [1.807, 2.05) is 48.5 Å². The zero-order valence-corrected chi connectivity index (χ0v) is 13.1. The summed E-state index contributed by atoms with van der Waals surface area (Å²) in [5.41, 5.74) is 3.00. The number of rotatable bonds is 4. The Kier molecular flexibility index (Phi) is 4.42. The summed E-state index contributed by atoms with van der Waals surface area (Å²) in [6, 6.07) is 15.0. The van der Waals surface area contributed by atoms with Crippen molar-refractivity contribution in [3.05, 3.63) is 65.2 Å². The third kappa shape index (κ3) is 3.26. The Morgan fingerprint density at radius 2 is 1.96 bits per heavy atom.